The fourth-order valence-corrected chi connectivity index (χ4v) is 4.79. The third kappa shape index (κ3) is 6.63. The molecule has 182 valence electrons. The Bertz CT molecular complexity index is 956. The highest BCUT2D eigenvalue weighted by molar-refractivity contribution is 8.00. The van der Waals surface area contributed by atoms with Crippen LogP contribution in [0.4, 0.5) is 11.4 Å². The average molecular weight is 509 g/mol. The Kier molecular flexibility index (Phi) is 8.27. The minimum absolute atomic E-state index is 0.114. The van der Waals surface area contributed by atoms with Crippen LogP contribution in [0.1, 0.15) is 0 Å². The lowest BCUT2D eigenvalue weighted by Crippen LogP contribution is -2.31. The van der Waals surface area contributed by atoms with E-state index in [4.69, 9.17) is 18.9 Å². The fraction of sp³-hybridized carbons (Fsp3) is 0.364. The molecule has 2 atom stereocenters. The summed E-state index contributed by atoms with van der Waals surface area (Å²) in [6, 6.07) is 10.2. The lowest BCUT2D eigenvalue weighted by atomic mass is 10.3. The lowest BCUT2D eigenvalue weighted by molar-refractivity contribution is -0.114. The molecule has 0 aliphatic carbocycles. The summed E-state index contributed by atoms with van der Waals surface area (Å²) in [4.78, 5) is 24.2. The van der Waals surface area contributed by atoms with Gasteiger partial charge in [0.1, 0.15) is 0 Å². The van der Waals surface area contributed by atoms with Crippen LogP contribution < -0.4 is 29.6 Å². The van der Waals surface area contributed by atoms with E-state index in [0.717, 1.165) is 0 Å². The van der Waals surface area contributed by atoms with Gasteiger partial charge < -0.3 is 39.8 Å². The molecule has 0 spiro atoms. The summed E-state index contributed by atoms with van der Waals surface area (Å²) in [6.07, 6.45) is -2.04. The van der Waals surface area contributed by atoms with Crippen LogP contribution in [0, 0.1) is 0 Å². The molecule has 10 nitrogen and oxygen atoms in total. The molecule has 2 heterocycles. The predicted molar refractivity (Wildman–Crippen MR) is 129 cm³/mol. The van der Waals surface area contributed by atoms with Gasteiger partial charge >= 0.3 is 0 Å². The van der Waals surface area contributed by atoms with E-state index >= 15 is 0 Å². The predicted octanol–water partition coefficient (Wildman–Crippen LogP) is 1.91. The zero-order chi connectivity index (χ0) is 23.9. The van der Waals surface area contributed by atoms with Gasteiger partial charge in [-0.2, -0.15) is 0 Å². The molecule has 4 N–H and O–H groups in total. The molecule has 0 radical (unpaired) electrons. The molecule has 0 unspecified atom stereocenters. The molecular weight excluding hydrogens is 484 g/mol. The maximum Gasteiger partial charge on any atom is 0.234 e. The molecule has 2 aliphatic heterocycles. The molecule has 34 heavy (non-hydrogen) atoms. The standard InChI is InChI=1S/C22H24N2O8S2/c25-15(7-33-9-21(27)23-13-1-3-17-19(5-13)31-11-29-17)16(26)8-34-10-22(28)24-14-2-4-18-20(6-14)32-12-30-18/h1-6,15-16,25-26H,7-12H2,(H,23,27)(H,24,28)/t15-,16-/m1/s1. The van der Waals surface area contributed by atoms with Crippen molar-refractivity contribution in [2.45, 2.75) is 12.2 Å². The number of benzene rings is 2. The number of amides is 2. The van der Waals surface area contributed by atoms with Crippen LogP contribution >= 0.6 is 23.5 Å². The van der Waals surface area contributed by atoms with Crippen molar-refractivity contribution in [1.29, 1.82) is 0 Å². The van der Waals surface area contributed by atoms with Gasteiger partial charge in [-0.25, -0.2) is 0 Å². The number of thioether (sulfide) groups is 2. The second kappa shape index (κ2) is 11.6. The summed E-state index contributed by atoms with van der Waals surface area (Å²) in [6.45, 7) is 0.317. The van der Waals surface area contributed by atoms with E-state index < -0.39 is 12.2 Å². The van der Waals surface area contributed by atoms with E-state index in [1.165, 1.54) is 23.5 Å². The largest absolute Gasteiger partial charge is 0.454 e. The highest BCUT2D eigenvalue weighted by Gasteiger charge is 2.19. The summed E-state index contributed by atoms with van der Waals surface area (Å²) in [5, 5.41) is 25.8. The number of fused-ring (bicyclic) bond motifs is 2. The van der Waals surface area contributed by atoms with Gasteiger partial charge in [-0.15, -0.1) is 23.5 Å². The second-order valence-corrected chi connectivity index (χ2v) is 9.46. The van der Waals surface area contributed by atoms with Gasteiger partial charge in [0.25, 0.3) is 0 Å². The second-order valence-electron chi connectivity index (χ2n) is 7.40. The third-order valence-electron chi connectivity index (χ3n) is 4.80. The SMILES string of the molecule is O=C(CSC[C@@H](O)[C@H](O)CSCC(=O)Nc1ccc2c(c1)OCO2)Nc1ccc2c(c1)OCO2. The van der Waals surface area contributed by atoms with Gasteiger partial charge in [0, 0.05) is 35.0 Å². The van der Waals surface area contributed by atoms with Gasteiger partial charge in [-0.3, -0.25) is 9.59 Å². The minimum atomic E-state index is -1.02. The molecule has 2 aromatic carbocycles. The molecule has 0 fully saturated rings. The van der Waals surface area contributed by atoms with Gasteiger partial charge in [0.2, 0.25) is 25.4 Å². The molecule has 12 heteroatoms. The number of nitrogens with one attached hydrogen (secondary N) is 2. The number of aliphatic hydroxyl groups is 2. The van der Waals surface area contributed by atoms with E-state index in [9.17, 15) is 19.8 Å². The first-order valence-corrected chi connectivity index (χ1v) is 12.7. The first-order chi connectivity index (χ1) is 16.5. The van der Waals surface area contributed by atoms with Crippen molar-refractivity contribution in [1.82, 2.24) is 0 Å². The summed E-state index contributed by atoms with van der Waals surface area (Å²) in [5.41, 5.74) is 1.18. The van der Waals surface area contributed by atoms with Gasteiger partial charge in [-0.05, 0) is 24.3 Å². The molecule has 0 bridgehead atoms. The molecule has 2 aromatic rings. The Morgan fingerprint density at radius 1 is 0.735 bits per heavy atom. The van der Waals surface area contributed by atoms with Crippen LogP contribution in [0.3, 0.4) is 0 Å². The van der Waals surface area contributed by atoms with Gasteiger partial charge in [0.15, 0.2) is 23.0 Å². The fourth-order valence-electron chi connectivity index (χ4n) is 3.11. The van der Waals surface area contributed by atoms with Crippen LogP contribution in [0.25, 0.3) is 0 Å². The first kappa shape index (κ1) is 24.3. The van der Waals surface area contributed by atoms with Crippen LogP contribution in [0.2, 0.25) is 0 Å². The van der Waals surface area contributed by atoms with Crippen molar-refractivity contribution in [2.75, 3.05) is 47.2 Å². The van der Waals surface area contributed by atoms with Gasteiger partial charge in [-0.1, -0.05) is 0 Å². The molecule has 4 rings (SSSR count). The van der Waals surface area contributed by atoms with E-state index in [-0.39, 0.29) is 48.4 Å². The molecule has 0 aromatic heterocycles. The number of carbonyl (C=O) groups excluding carboxylic acids is 2. The Morgan fingerprint density at radius 3 is 1.59 bits per heavy atom. The van der Waals surface area contributed by atoms with Crippen molar-refractivity contribution in [3.8, 4) is 23.0 Å². The number of rotatable bonds is 11. The molecule has 0 saturated carbocycles. The maximum atomic E-state index is 12.1. The van der Waals surface area contributed by atoms with E-state index in [1.807, 2.05) is 0 Å². The topological polar surface area (TPSA) is 136 Å². The van der Waals surface area contributed by atoms with E-state index in [2.05, 4.69) is 10.6 Å². The summed E-state index contributed by atoms with van der Waals surface area (Å²) >= 11 is 2.41. The van der Waals surface area contributed by atoms with Gasteiger partial charge in [0.05, 0.1) is 23.7 Å². The summed E-state index contributed by atoms with van der Waals surface area (Å²) in [5.74, 6) is 2.53. The molecular formula is C22H24N2O8S2. The summed E-state index contributed by atoms with van der Waals surface area (Å²) in [7, 11) is 0. The number of carbonyl (C=O) groups is 2. The van der Waals surface area contributed by atoms with E-state index in [1.54, 1.807) is 36.4 Å². The zero-order valence-electron chi connectivity index (χ0n) is 18.0. The lowest BCUT2D eigenvalue weighted by Gasteiger charge is -2.17. The Labute approximate surface area is 204 Å². The monoisotopic (exact) mass is 508 g/mol. The minimum Gasteiger partial charge on any atom is -0.454 e. The van der Waals surface area contributed by atoms with Crippen LogP contribution in [0.15, 0.2) is 36.4 Å². The number of aliphatic hydroxyl groups excluding tert-OH is 2. The number of hydrogen-bond donors (Lipinski definition) is 4. The van der Waals surface area contributed by atoms with Crippen molar-refractivity contribution < 1.29 is 38.7 Å². The molecule has 2 amide bonds. The third-order valence-corrected chi connectivity index (χ3v) is 6.89. The van der Waals surface area contributed by atoms with Crippen molar-refractivity contribution in [3.05, 3.63) is 36.4 Å². The molecule has 2 aliphatic rings. The summed E-state index contributed by atoms with van der Waals surface area (Å²) < 4.78 is 21.0. The van der Waals surface area contributed by atoms with Crippen molar-refractivity contribution in [3.63, 3.8) is 0 Å². The maximum absolute atomic E-state index is 12.1. The first-order valence-electron chi connectivity index (χ1n) is 10.4. The van der Waals surface area contributed by atoms with Crippen molar-refractivity contribution in [2.24, 2.45) is 0 Å². The smallest absolute Gasteiger partial charge is 0.234 e. The quantitative estimate of drug-likeness (QED) is 0.356. The van der Waals surface area contributed by atoms with Crippen LogP contribution in [0.5, 0.6) is 23.0 Å². The Balaban J connectivity index is 1.09. The number of ether oxygens (including phenoxy) is 4. The van der Waals surface area contributed by atoms with E-state index in [0.29, 0.717) is 34.4 Å². The average Bonchev–Trinajstić information content (AvgIpc) is 3.47. The number of anilines is 2. The normalized spacial score (nSPS) is 15.0. The highest BCUT2D eigenvalue weighted by Crippen LogP contribution is 2.35. The van der Waals surface area contributed by atoms with Crippen LogP contribution in [-0.4, -0.2) is 70.8 Å². The number of hydrogen-bond acceptors (Lipinski definition) is 10. The Morgan fingerprint density at radius 2 is 1.15 bits per heavy atom. The Hall–Kier alpha value is -2.80. The molecule has 0 saturated heterocycles. The van der Waals surface area contributed by atoms with Crippen LogP contribution in [-0.2, 0) is 9.59 Å². The highest BCUT2D eigenvalue weighted by atomic mass is 32.2. The zero-order valence-corrected chi connectivity index (χ0v) is 19.7. The van der Waals surface area contributed by atoms with Crippen molar-refractivity contribution >= 4 is 46.7 Å².